The van der Waals surface area contributed by atoms with Crippen LogP contribution in [0.1, 0.15) is 16.5 Å². The number of rotatable bonds is 5. The highest BCUT2D eigenvalue weighted by molar-refractivity contribution is 5.89. The Balaban J connectivity index is 1.25. The Kier molecular flexibility index (Phi) is 5.62. The highest BCUT2D eigenvalue weighted by Crippen LogP contribution is 2.15. The average molecular weight is 443 g/mol. The third-order valence-electron chi connectivity index (χ3n) is 5.42. The van der Waals surface area contributed by atoms with Crippen LogP contribution in [0, 0.1) is 0 Å². The Bertz CT molecular complexity index is 1300. The van der Waals surface area contributed by atoms with E-state index in [1.165, 1.54) is 10.7 Å². The zero-order valence-corrected chi connectivity index (χ0v) is 17.7. The lowest BCUT2D eigenvalue weighted by atomic mass is 10.1. The van der Waals surface area contributed by atoms with Gasteiger partial charge in [0.05, 0.1) is 5.69 Å². The smallest absolute Gasteiger partial charge is 0.316 e. The van der Waals surface area contributed by atoms with E-state index in [4.69, 9.17) is 4.52 Å². The van der Waals surface area contributed by atoms with E-state index in [0.29, 0.717) is 31.9 Å². The molecule has 1 fully saturated rings. The molecule has 0 N–H and O–H groups in total. The zero-order valence-electron chi connectivity index (χ0n) is 17.7. The number of anilines is 1. The molecule has 4 heterocycles. The molecular formula is C23H21N7O3. The van der Waals surface area contributed by atoms with Crippen LogP contribution >= 0.6 is 0 Å². The standard InChI is InChI=1S/C23H21N7O3/c31-21-10-9-18(17-6-2-1-3-7-17)26-30(21)16-19-25-22(33-27-19)23(32)29-14-12-28(13-15-29)20-8-4-5-11-24-20/h1-11H,12-16H2. The van der Waals surface area contributed by atoms with E-state index >= 15 is 0 Å². The maximum Gasteiger partial charge on any atom is 0.316 e. The number of nitrogens with zero attached hydrogens (tertiary/aromatic N) is 7. The summed E-state index contributed by atoms with van der Waals surface area (Å²) >= 11 is 0. The van der Waals surface area contributed by atoms with E-state index in [-0.39, 0.29) is 29.7 Å². The van der Waals surface area contributed by atoms with Gasteiger partial charge in [0.2, 0.25) is 0 Å². The number of pyridine rings is 1. The van der Waals surface area contributed by atoms with Crippen LogP contribution in [0.4, 0.5) is 5.82 Å². The third-order valence-corrected chi connectivity index (χ3v) is 5.42. The van der Waals surface area contributed by atoms with Crippen molar-refractivity contribution in [2.24, 2.45) is 0 Å². The molecule has 1 aromatic carbocycles. The summed E-state index contributed by atoms with van der Waals surface area (Å²) < 4.78 is 6.45. The summed E-state index contributed by atoms with van der Waals surface area (Å²) in [5, 5.41) is 8.27. The van der Waals surface area contributed by atoms with E-state index in [0.717, 1.165) is 11.4 Å². The minimum atomic E-state index is -0.326. The molecule has 0 bridgehead atoms. The summed E-state index contributed by atoms with van der Waals surface area (Å²) in [5.41, 5.74) is 1.25. The molecule has 0 aliphatic carbocycles. The van der Waals surface area contributed by atoms with Crippen molar-refractivity contribution in [2.45, 2.75) is 6.54 Å². The average Bonchev–Trinajstić information content (AvgIpc) is 3.35. The number of hydrogen-bond acceptors (Lipinski definition) is 8. The van der Waals surface area contributed by atoms with Crippen LogP contribution in [0.2, 0.25) is 0 Å². The lowest BCUT2D eigenvalue weighted by molar-refractivity contribution is 0.0696. The molecule has 33 heavy (non-hydrogen) atoms. The molecule has 0 unspecified atom stereocenters. The summed E-state index contributed by atoms with van der Waals surface area (Å²) in [5.74, 6) is 0.682. The second-order valence-electron chi connectivity index (χ2n) is 7.56. The molecule has 1 aliphatic heterocycles. The number of carbonyl (C=O) groups is 1. The summed E-state index contributed by atoms with van der Waals surface area (Å²) in [7, 11) is 0. The highest BCUT2D eigenvalue weighted by atomic mass is 16.5. The van der Waals surface area contributed by atoms with Crippen LogP contribution in [-0.2, 0) is 6.54 Å². The minimum absolute atomic E-state index is 0.00371. The maximum atomic E-state index is 12.8. The molecule has 1 amide bonds. The van der Waals surface area contributed by atoms with Gasteiger partial charge in [0.1, 0.15) is 12.4 Å². The van der Waals surface area contributed by atoms with Crippen molar-refractivity contribution in [1.82, 2.24) is 29.8 Å². The fourth-order valence-corrected chi connectivity index (χ4v) is 3.68. The van der Waals surface area contributed by atoms with Crippen LogP contribution in [0.5, 0.6) is 0 Å². The molecule has 0 spiro atoms. The fraction of sp³-hybridized carbons (Fsp3) is 0.217. The van der Waals surface area contributed by atoms with Gasteiger partial charge < -0.3 is 14.3 Å². The molecule has 10 nitrogen and oxygen atoms in total. The lowest BCUT2D eigenvalue weighted by Gasteiger charge is -2.34. The van der Waals surface area contributed by atoms with Gasteiger partial charge in [0, 0.05) is 44.0 Å². The molecular weight excluding hydrogens is 422 g/mol. The Morgan fingerprint density at radius 2 is 1.73 bits per heavy atom. The second-order valence-corrected chi connectivity index (χ2v) is 7.56. The Labute approximate surface area is 189 Å². The van der Waals surface area contributed by atoms with Crippen LogP contribution in [0.25, 0.3) is 11.3 Å². The van der Waals surface area contributed by atoms with Crippen molar-refractivity contribution in [1.29, 1.82) is 0 Å². The van der Waals surface area contributed by atoms with E-state index < -0.39 is 0 Å². The van der Waals surface area contributed by atoms with E-state index in [1.807, 2.05) is 48.5 Å². The predicted molar refractivity (Wildman–Crippen MR) is 120 cm³/mol. The normalized spacial score (nSPS) is 13.8. The first-order valence-corrected chi connectivity index (χ1v) is 10.6. The van der Waals surface area contributed by atoms with Crippen LogP contribution in [0.15, 0.2) is 76.2 Å². The Morgan fingerprint density at radius 3 is 2.48 bits per heavy atom. The lowest BCUT2D eigenvalue weighted by Crippen LogP contribution is -2.49. The van der Waals surface area contributed by atoms with Gasteiger partial charge in [-0.1, -0.05) is 41.6 Å². The first kappa shape index (κ1) is 20.6. The Hall–Kier alpha value is -4.34. The molecule has 1 saturated heterocycles. The van der Waals surface area contributed by atoms with Crippen molar-refractivity contribution < 1.29 is 9.32 Å². The SMILES string of the molecule is O=C(c1nc(Cn2nc(-c3ccccc3)ccc2=O)no1)N1CCN(c2ccccn2)CC1. The van der Waals surface area contributed by atoms with Crippen molar-refractivity contribution in [3.05, 3.63) is 88.9 Å². The Morgan fingerprint density at radius 1 is 0.939 bits per heavy atom. The van der Waals surface area contributed by atoms with Gasteiger partial charge in [-0.15, -0.1) is 0 Å². The minimum Gasteiger partial charge on any atom is -0.353 e. The number of hydrogen-bond donors (Lipinski definition) is 0. The first-order chi connectivity index (χ1) is 16.2. The second kappa shape index (κ2) is 9.03. The van der Waals surface area contributed by atoms with E-state index in [1.54, 1.807) is 17.2 Å². The van der Waals surface area contributed by atoms with E-state index in [9.17, 15) is 9.59 Å². The van der Waals surface area contributed by atoms with Gasteiger partial charge in [0.25, 0.3) is 5.56 Å². The van der Waals surface area contributed by atoms with Crippen molar-refractivity contribution in [3.63, 3.8) is 0 Å². The molecule has 0 atom stereocenters. The first-order valence-electron chi connectivity index (χ1n) is 10.6. The number of piperazine rings is 1. The van der Waals surface area contributed by atoms with Gasteiger partial charge in [-0.2, -0.15) is 10.1 Å². The molecule has 166 valence electrons. The molecule has 10 heteroatoms. The topological polar surface area (TPSA) is 110 Å². The quantitative estimate of drug-likeness (QED) is 0.458. The summed E-state index contributed by atoms with van der Waals surface area (Å²) in [4.78, 5) is 37.5. The molecule has 0 radical (unpaired) electrons. The number of amides is 1. The van der Waals surface area contributed by atoms with Gasteiger partial charge in [-0.05, 0) is 18.2 Å². The zero-order chi connectivity index (χ0) is 22.6. The molecule has 3 aromatic heterocycles. The fourth-order valence-electron chi connectivity index (χ4n) is 3.68. The van der Waals surface area contributed by atoms with Gasteiger partial charge in [-0.3, -0.25) is 9.59 Å². The van der Waals surface area contributed by atoms with Gasteiger partial charge >= 0.3 is 11.8 Å². The number of carbonyl (C=O) groups excluding carboxylic acids is 1. The molecule has 0 saturated carbocycles. The summed E-state index contributed by atoms with van der Waals surface area (Å²) in [6, 6.07) is 18.4. The third kappa shape index (κ3) is 4.49. The van der Waals surface area contributed by atoms with Crippen LogP contribution < -0.4 is 10.5 Å². The largest absolute Gasteiger partial charge is 0.353 e. The van der Waals surface area contributed by atoms with Gasteiger partial charge in [0.15, 0.2) is 5.82 Å². The van der Waals surface area contributed by atoms with Crippen molar-refractivity contribution >= 4 is 11.7 Å². The monoisotopic (exact) mass is 443 g/mol. The predicted octanol–water partition coefficient (Wildman–Crippen LogP) is 1.70. The van der Waals surface area contributed by atoms with Crippen LogP contribution in [-0.4, -0.2) is 61.9 Å². The maximum absolute atomic E-state index is 12.8. The van der Waals surface area contributed by atoms with Crippen molar-refractivity contribution in [2.75, 3.05) is 31.1 Å². The van der Waals surface area contributed by atoms with Gasteiger partial charge in [-0.25, -0.2) is 9.67 Å². The highest BCUT2D eigenvalue weighted by Gasteiger charge is 2.26. The van der Waals surface area contributed by atoms with Crippen LogP contribution in [0.3, 0.4) is 0 Å². The molecule has 4 aromatic rings. The number of aromatic nitrogens is 5. The summed E-state index contributed by atoms with van der Waals surface area (Å²) in [6.45, 7) is 2.37. The van der Waals surface area contributed by atoms with Crippen molar-refractivity contribution in [3.8, 4) is 11.3 Å². The summed E-state index contributed by atoms with van der Waals surface area (Å²) in [6.07, 6.45) is 1.75. The molecule has 1 aliphatic rings. The number of benzene rings is 1. The molecule has 5 rings (SSSR count). The van der Waals surface area contributed by atoms with E-state index in [2.05, 4.69) is 25.1 Å².